The third-order valence-electron chi connectivity index (χ3n) is 3.38. The van der Waals surface area contributed by atoms with Gasteiger partial charge >= 0.3 is 5.69 Å². The molecule has 18 heavy (non-hydrogen) atoms. The second kappa shape index (κ2) is 5.77. The molecule has 2 unspecified atom stereocenters. The SMILES string of the molecule is O=[N+]([O-])c1cccnc1NCC1CCCCC1O. The van der Waals surface area contributed by atoms with Crippen molar-refractivity contribution in [2.45, 2.75) is 31.8 Å². The standard InChI is InChI=1S/C12H17N3O3/c16-11-6-2-1-4-9(11)8-14-12-10(15(17)18)5-3-7-13-12/h3,5,7,9,11,16H,1-2,4,6,8H2,(H,13,14). The maximum absolute atomic E-state index is 10.8. The lowest BCUT2D eigenvalue weighted by atomic mass is 9.86. The molecular formula is C12H17N3O3. The van der Waals surface area contributed by atoms with Crippen LogP contribution in [0.1, 0.15) is 25.7 Å². The first-order valence-electron chi connectivity index (χ1n) is 6.20. The lowest BCUT2D eigenvalue weighted by molar-refractivity contribution is -0.384. The number of rotatable bonds is 4. The minimum Gasteiger partial charge on any atom is -0.393 e. The summed E-state index contributed by atoms with van der Waals surface area (Å²) in [6.07, 6.45) is 5.14. The molecule has 0 saturated heterocycles. The zero-order chi connectivity index (χ0) is 13.0. The average Bonchev–Trinajstić information content (AvgIpc) is 2.38. The van der Waals surface area contributed by atoms with Gasteiger partial charge < -0.3 is 10.4 Å². The van der Waals surface area contributed by atoms with Crippen molar-refractivity contribution in [2.24, 2.45) is 5.92 Å². The highest BCUT2D eigenvalue weighted by molar-refractivity contribution is 5.55. The third-order valence-corrected chi connectivity index (χ3v) is 3.38. The van der Waals surface area contributed by atoms with Gasteiger partial charge in [0.25, 0.3) is 0 Å². The number of nitrogens with one attached hydrogen (secondary N) is 1. The van der Waals surface area contributed by atoms with Crippen molar-refractivity contribution in [1.82, 2.24) is 4.98 Å². The molecule has 6 heteroatoms. The van der Waals surface area contributed by atoms with E-state index in [1.165, 1.54) is 12.3 Å². The number of nitrogens with zero attached hydrogens (tertiary/aromatic N) is 2. The molecule has 1 heterocycles. The lowest BCUT2D eigenvalue weighted by Crippen LogP contribution is -2.30. The van der Waals surface area contributed by atoms with Gasteiger partial charge in [0.15, 0.2) is 0 Å². The number of aliphatic hydroxyl groups is 1. The molecule has 1 aliphatic rings. The molecule has 1 aliphatic carbocycles. The Kier molecular flexibility index (Phi) is 4.09. The van der Waals surface area contributed by atoms with Gasteiger partial charge in [-0.05, 0) is 18.9 Å². The van der Waals surface area contributed by atoms with Crippen molar-refractivity contribution >= 4 is 11.5 Å². The van der Waals surface area contributed by atoms with E-state index in [2.05, 4.69) is 10.3 Å². The molecule has 6 nitrogen and oxygen atoms in total. The topological polar surface area (TPSA) is 88.3 Å². The van der Waals surface area contributed by atoms with Gasteiger partial charge in [-0.1, -0.05) is 12.8 Å². The molecular weight excluding hydrogens is 234 g/mol. The van der Waals surface area contributed by atoms with Gasteiger partial charge in [0.1, 0.15) is 0 Å². The molecule has 0 amide bonds. The summed E-state index contributed by atoms with van der Waals surface area (Å²) in [6.45, 7) is 0.527. The third kappa shape index (κ3) is 2.95. The molecule has 0 spiro atoms. The Labute approximate surface area is 105 Å². The Balaban J connectivity index is 1.99. The van der Waals surface area contributed by atoms with Crippen molar-refractivity contribution in [2.75, 3.05) is 11.9 Å². The van der Waals surface area contributed by atoms with Crippen LogP contribution >= 0.6 is 0 Å². The van der Waals surface area contributed by atoms with Crippen LogP contribution in [0.4, 0.5) is 11.5 Å². The van der Waals surface area contributed by atoms with Crippen molar-refractivity contribution < 1.29 is 10.0 Å². The molecule has 1 saturated carbocycles. The molecule has 1 aromatic rings. The molecule has 0 aromatic carbocycles. The Morgan fingerprint density at radius 1 is 1.50 bits per heavy atom. The molecule has 98 valence electrons. The van der Waals surface area contributed by atoms with Crippen LogP contribution in [-0.4, -0.2) is 27.7 Å². The minimum atomic E-state index is -0.452. The van der Waals surface area contributed by atoms with E-state index in [1.54, 1.807) is 6.07 Å². The van der Waals surface area contributed by atoms with Gasteiger partial charge in [-0.25, -0.2) is 4.98 Å². The molecule has 0 bridgehead atoms. The molecule has 2 rings (SSSR count). The van der Waals surface area contributed by atoms with E-state index in [9.17, 15) is 15.2 Å². The number of aromatic nitrogens is 1. The highest BCUT2D eigenvalue weighted by atomic mass is 16.6. The van der Waals surface area contributed by atoms with Crippen LogP contribution in [0.2, 0.25) is 0 Å². The summed E-state index contributed by atoms with van der Waals surface area (Å²) < 4.78 is 0. The fourth-order valence-corrected chi connectivity index (χ4v) is 2.33. The number of aliphatic hydroxyl groups excluding tert-OH is 1. The van der Waals surface area contributed by atoms with Gasteiger partial charge in [0, 0.05) is 24.7 Å². The molecule has 0 aliphatic heterocycles. The smallest absolute Gasteiger partial charge is 0.311 e. The minimum absolute atomic E-state index is 0.0252. The van der Waals surface area contributed by atoms with Crippen LogP contribution in [-0.2, 0) is 0 Å². The second-order valence-corrected chi connectivity index (χ2v) is 4.62. The van der Waals surface area contributed by atoms with Crippen LogP contribution in [0.15, 0.2) is 18.3 Å². The lowest BCUT2D eigenvalue weighted by Gasteiger charge is -2.27. The Bertz CT molecular complexity index is 425. The molecule has 2 atom stereocenters. The quantitative estimate of drug-likeness (QED) is 0.630. The van der Waals surface area contributed by atoms with E-state index in [1.807, 2.05) is 0 Å². The van der Waals surface area contributed by atoms with E-state index in [-0.39, 0.29) is 23.5 Å². The van der Waals surface area contributed by atoms with Gasteiger partial charge in [-0.15, -0.1) is 0 Å². The first-order chi connectivity index (χ1) is 8.68. The van der Waals surface area contributed by atoms with Gasteiger partial charge in [-0.2, -0.15) is 0 Å². The molecule has 1 fully saturated rings. The number of nitro groups is 1. The van der Waals surface area contributed by atoms with Crippen LogP contribution in [0, 0.1) is 16.0 Å². The van der Waals surface area contributed by atoms with E-state index >= 15 is 0 Å². The van der Waals surface area contributed by atoms with Crippen LogP contribution in [0.25, 0.3) is 0 Å². The maximum atomic E-state index is 10.8. The second-order valence-electron chi connectivity index (χ2n) is 4.62. The number of hydrogen-bond donors (Lipinski definition) is 2. The normalized spacial score (nSPS) is 23.6. The Morgan fingerprint density at radius 2 is 2.28 bits per heavy atom. The fraction of sp³-hybridized carbons (Fsp3) is 0.583. The zero-order valence-electron chi connectivity index (χ0n) is 10.1. The highest BCUT2D eigenvalue weighted by Gasteiger charge is 2.24. The summed E-state index contributed by atoms with van der Waals surface area (Å²) in [6, 6.07) is 2.96. The van der Waals surface area contributed by atoms with Crippen molar-refractivity contribution in [3.63, 3.8) is 0 Å². The monoisotopic (exact) mass is 251 g/mol. The van der Waals surface area contributed by atoms with Crippen LogP contribution in [0.3, 0.4) is 0 Å². The van der Waals surface area contributed by atoms with E-state index in [0.29, 0.717) is 6.54 Å². The van der Waals surface area contributed by atoms with Crippen molar-refractivity contribution in [3.8, 4) is 0 Å². The first-order valence-corrected chi connectivity index (χ1v) is 6.20. The van der Waals surface area contributed by atoms with Crippen LogP contribution in [0.5, 0.6) is 0 Å². The predicted octanol–water partition coefficient (Wildman–Crippen LogP) is 1.95. The van der Waals surface area contributed by atoms with Gasteiger partial charge in [0.2, 0.25) is 5.82 Å². The Hall–Kier alpha value is -1.69. The van der Waals surface area contributed by atoms with Crippen LogP contribution < -0.4 is 5.32 Å². The largest absolute Gasteiger partial charge is 0.393 e. The summed E-state index contributed by atoms with van der Waals surface area (Å²) >= 11 is 0. The average molecular weight is 251 g/mol. The summed E-state index contributed by atoms with van der Waals surface area (Å²) in [5, 5.41) is 23.6. The number of pyridine rings is 1. The molecule has 1 aromatic heterocycles. The number of hydrogen-bond acceptors (Lipinski definition) is 5. The first kappa shape index (κ1) is 12.8. The molecule has 2 N–H and O–H groups in total. The van der Waals surface area contributed by atoms with Crippen molar-refractivity contribution in [1.29, 1.82) is 0 Å². The van der Waals surface area contributed by atoms with Gasteiger partial charge in [-0.3, -0.25) is 10.1 Å². The Morgan fingerprint density at radius 3 is 3.00 bits per heavy atom. The predicted molar refractivity (Wildman–Crippen MR) is 67.3 cm³/mol. The van der Waals surface area contributed by atoms with E-state index in [4.69, 9.17) is 0 Å². The maximum Gasteiger partial charge on any atom is 0.311 e. The zero-order valence-corrected chi connectivity index (χ0v) is 10.1. The summed E-state index contributed by atoms with van der Waals surface area (Å²) in [5.41, 5.74) is -0.0252. The highest BCUT2D eigenvalue weighted by Crippen LogP contribution is 2.26. The van der Waals surface area contributed by atoms with E-state index in [0.717, 1.165) is 25.7 Å². The fourth-order valence-electron chi connectivity index (χ4n) is 2.33. The summed E-state index contributed by atoms with van der Waals surface area (Å²) in [7, 11) is 0. The van der Waals surface area contributed by atoms with Gasteiger partial charge in [0.05, 0.1) is 11.0 Å². The van der Waals surface area contributed by atoms with Crippen molar-refractivity contribution in [3.05, 3.63) is 28.4 Å². The molecule has 0 radical (unpaired) electrons. The summed E-state index contributed by atoms with van der Waals surface area (Å²) in [5.74, 6) is 0.431. The number of anilines is 1. The summed E-state index contributed by atoms with van der Waals surface area (Å²) in [4.78, 5) is 14.3. The van der Waals surface area contributed by atoms with E-state index < -0.39 is 4.92 Å².